The van der Waals surface area contributed by atoms with Gasteiger partial charge < -0.3 is 48.8 Å². The average molecular weight is 681 g/mol. The SMILES string of the molecule is C=CC(C)(C)OC[C@H]1O[C@H](O[C@@H]2C3=C([C@H](C)COC(C)=O)C[C@H](O)[C@]3(C)C=C3[C@@H](COC)CC[C@H]3[C@@H](C)[C@H]2O)[C@H](O)[C@@H](OC(C)=O)[C@@H]1O. The number of rotatable bonds is 12. The van der Waals surface area contributed by atoms with Crippen LogP contribution in [0.5, 0.6) is 0 Å². The molecule has 1 aliphatic heterocycles. The Hall–Kier alpha value is -2.16. The molecule has 4 rings (SSSR count). The number of aliphatic hydroxyl groups excluding tert-OH is 4. The monoisotopic (exact) mass is 680 g/mol. The van der Waals surface area contributed by atoms with Gasteiger partial charge in [-0.05, 0) is 57.4 Å². The lowest BCUT2D eigenvalue weighted by atomic mass is 9.68. The third-order valence-electron chi connectivity index (χ3n) is 10.8. The molecule has 13 atom stereocenters. The molecular formula is C36H56O12. The Labute approximate surface area is 284 Å². The van der Waals surface area contributed by atoms with Gasteiger partial charge in [0, 0.05) is 38.2 Å². The van der Waals surface area contributed by atoms with Crippen molar-refractivity contribution in [2.75, 3.05) is 26.9 Å². The summed E-state index contributed by atoms with van der Waals surface area (Å²) in [6.45, 7) is 16.0. The van der Waals surface area contributed by atoms with Crippen molar-refractivity contribution in [1.29, 1.82) is 0 Å². The zero-order valence-corrected chi connectivity index (χ0v) is 29.6. The van der Waals surface area contributed by atoms with Crippen molar-refractivity contribution >= 4 is 11.9 Å². The smallest absolute Gasteiger partial charge is 0.303 e. The van der Waals surface area contributed by atoms with Crippen molar-refractivity contribution in [3.05, 3.63) is 35.5 Å². The largest absolute Gasteiger partial charge is 0.465 e. The van der Waals surface area contributed by atoms with Gasteiger partial charge in [0.2, 0.25) is 0 Å². The van der Waals surface area contributed by atoms with Gasteiger partial charge in [-0.2, -0.15) is 0 Å². The first-order chi connectivity index (χ1) is 22.4. The Morgan fingerprint density at radius 3 is 2.40 bits per heavy atom. The van der Waals surface area contributed by atoms with Gasteiger partial charge in [-0.25, -0.2) is 0 Å². The van der Waals surface area contributed by atoms with Crippen LogP contribution in [0.25, 0.3) is 0 Å². The summed E-state index contributed by atoms with van der Waals surface area (Å²) in [7, 11) is 1.66. The Morgan fingerprint density at radius 2 is 1.79 bits per heavy atom. The fourth-order valence-corrected chi connectivity index (χ4v) is 7.88. The van der Waals surface area contributed by atoms with Crippen molar-refractivity contribution in [1.82, 2.24) is 0 Å². The van der Waals surface area contributed by atoms with Gasteiger partial charge in [0.15, 0.2) is 12.4 Å². The molecule has 1 heterocycles. The number of hydrogen-bond donors (Lipinski definition) is 4. The number of ether oxygens (including phenoxy) is 6. The minimum Gasteiger partial charge on any atom is -0.465 e. The van der Waals surface area contributed by atoms with Gasteiger partial charge in [-0.1, -0.05) is 37.1 Å². The molecule has 3 aliphatic carbocycles. The highest BCUT2D eigenvalue weighted by molar-refractivity contribution is 5.66. The molecule has 0 bridgehead atoms. The highest BCUT2D eigenvalue weighted by atomic mass is 16.7. The van der Waals surface area contributed by atoms with E-state index in [1.165, 1.54) is 13.8 Å². The number of fused-ring (bicyclic) bond motifs is 2. The zero-order valence-electron chi connectivity index (χ0n) is 29.6. The summed E-state index contributed by atoms with van der Waals surface area (Å²) < 4.78 is 35.1. The lowest BCUT2D eigenvalue weighted by molar-refractivity contribution is -0.320. The third kappa shape index (κ3) is 7.91. The van der Waals surface area contributed by atoms with E-state index in [0.717, 1.165) is 24.0 Å². The average Bonchev–Trinajstić information content (AvgIpc) is 3.52. The highest BCUT2D eigenvalue weighted by Crippen LogP contribution is 2.56. The third-order valence-corrected chi connectivity index (χ3v) is 10.8. The Bertz CT molecular complexity index is 1240. The maximum absolute atomic E-state index is 12.3. The van der Waals surface area contributed by atoms with Crippen LogP contribution in [0.4, 0.5) is 0 Å². The van der Waals surface area contributed by atoms with Crippen molar-refractivity contribution in [3.8, 4) is 0 Å². The van der Waals surface area contributed by atoms with Crippen LogP contribution < -0.4 is 0 Å². The maximum atomic E-state index is 12.3. The van der Waals surface area contributed by atoms with Crippen LogP contribution >= 0.6 is 0 Å². The van der Waals surface area contributed by atoms with Crippen LogP contribution in [0.3, 0.4) is 0 Å². The Morgan fingerprint density at radius 1 is 1.10 bits per heavy atom. The second-order valence-electron chi connectivity index (χ2n) is 14.7. The Balaban J connectivity index is 1.82. The van der Waals surface area contributed by atoms with Gasteiger partial charge >= 0.3 is 11.9 Å². The molecule has 0 aromatic heterocycles. The van der Waals surface area contributed by atoms with E-state index >= 15 is 0 Å². The van der Waals surface area contributed by atoms with Gasteiger partial charge in [-0.3, -0.25) is 9.59 Å². The van der Waals surface area contributed by atoms with E-state index in [1.807, 2.05) is 20.8 Å². The molecule has 0 unspecified atom stereocenters. The predicted molar refractivity (Wildman–Crippen MR) is 174 cm³/mol. The van der Waals surface area contributed by atoms with Crippen LogP contribution in [0, 0.1) is 29.1 Å². The molecule has 12 heteroatoms. The van der Waals surface area contributed by atoms with Gasteiger partial charge in [0.05, 0.1) is 37.6 Å². The summed E-state index contributed by atoms with van der Waals surface area (Å²) in [4.78, 5) is 23.8. The van der Waals surface area contributed by atoms with Crippen molar-refractivity contribution < 1.29 is 58.4 Å². The zero-order chi connectivity index (χ0) is 35.7. The number of methoxy groups -OCH3 is 1. The van der Waals surface area contributed by atoms with Crippen molar-refractivity contribution in [2.24, 2.45) is 29.1 Å². The van der Waals surface area contributed by atoms with E-state index in [2.05, 4.69) is 12.7 Å². The molecule has 12 nitrogen and oxygen atoms in total. The summed E-state index contributed by atoms with van der Waals surface area (Å²) in [6, 6.07) is 0. The maximum Gasteiger partial charge on any atom is 0.303 e. The van der Waals surface area contributed by atoms with E-state index < -0.39 is 72.0 Å². The summed E-state index contributed by atoms with van der Waals surface area (Å²) in [5, 5.41) is 46.7. The molecule has 0 aromatic carbocycles. The highest BCUT2D eigenvalue weighted by Gasteiger charge is 2.56. The van der Waals surface area contributed by atoms with Crippen LogP contribution in [-0.4, -0.2) is 114 Å². The minimum atomic E-state index is -1.63. The summed E-state index contributed by atoms with van der Waals surface area (Å²) >= 11 is 0. The lowest BCUT2D eigenvalue weighted by Gasteiger charge is -2.47. The molecule has 48 heavy (non-hydrogen) atoms. The van der Waals surface area contributed by atoms with Crippen LogP contribution in [0.15, 0.2) is 35.5 Å². The predicted octanol–water partition coefficient (Wildman–Crippen LogP) is 2.61. The first-order valence-electron chi connectivity index (χ1n) is 17.0. The van der Waals surface area contributed by atoms with Crippen molar-refractivity contribution in [2.45, 2.75) is 122 Å². The van der Waals surface area contributed by atoms with E-state index in [0.29, 0.717) is 12.2 Å². The lowest BCUT2D eigenvalue weighted by Crippen LogP contribution is -2.62. The normalized spacial score (nSPS) is 39.1. The van der Waals surface area contributed by atoms with Gasteiger partial charge in [0.25, 0.3) is 0 Å². The van der Waals surface area contributed by atoms with E-state index in [4.69, 9.17) is 28.4 Å². The fraction of sp³-hybridized carbons (Fsp3) is 0.778. The number of carbonyl (C=O) groups is 2. The molecule has 1 saturated heterocycles. The van der Waals surface area contributed by atoms with Crippen LogP contribution in [0.1, 0.15) is 67.7 Å². The Kier molecular flexibility index (Phi) is 12.4. The number of hydrogen-bond acceptors (Lipinski definition) is 12. The first-order valence-corrected chi connectivity index (χ1v) is 17.0. The molecule has 272 valence electrons. The molecular weight excluding hydrogens is 624 g/mol. The molecule has 0 spiro atoms. The molecule has 2 fully saturated rings. The van der Waals surface area contributed by atoms with Gasteiger partial charge in [0.1, 0.15) is 24.4 Å². The molecule has 1 saturated carbocycles. The summed E-state index contributed by atoms with van der Waals surface area (Å²) in [5.74, 6) is -1.70. The summed E-state index contributed by atoms with van der Waals surface area (Å²) in [6.07, 6.45) is -4.54. The summed E-state index contributed by atoms with van der Waals surface area (Å²) in [5.41, 5.74) is 0.746. The molecule has 4 N–H and O–H groups in total. The second-order valence-corrected chi connectivity index (χ2v) is 14.7. The van der Waals surface area contributed by atoms with Crippen molar-refractivity contribution in [3.63, 3.8) is 0 Å². The number of carbonyl (C=O) groups excluding carboxylic acids is 2. The quantitative estimate of drug-likeness (QED) is 0.176. The number of aliphatic hydroxyl groups is 4. The molecule has 4 aliphatic rings. The molecule has 0 radical (unpaired) electrons. The van der Waals surface area contributed by atoms with E-state index in [-0.39, 0.29) is 43.3 Å². The molecule has 0 amide bonds. The number of esters is 2. The first kappa shape index (κ1) is 38.6. The fourth-order valence-electron chi connectivity index (χ4n) is 7.88. The standard InChI is InChI=1S/C36H56O12/c1-10-35(6,7)45-17-26-30(41)33(46-21(5)38)31(42)34(47-26)48-32-28-24(18(2)15-44-20(4)37)13-27(39)36(28,8)14-25-22(16-43-9)11-12-23(25)19(3)29(32)40/h10,14,18-19,22-23,26-27,29-34,39-42H,1,11-13,15-17H2,2-9H3/t18-,19-,22-,23+,26-,27+,29-,30-,31-,32-,33+,34-,36+/m1/s1. The van der Waals surface area contributed by atoms with E-state index in [9.17, 15) is 30.0 Å². The minimum absolute atomic E-state index is 0.0190. The van der Waals surface area contributed by atoms with E-state index in [1.54, 1.807) is 27.0 Å². The molecule has 0 aromatic rings. The van der Waals surface area contributed by atoms with Crippen LogP contribution in [0.2, 0.25) is 0 Å². The second kappa shape index (κ2) is 15.4. The van der Waals surface area contributed by atoms with Crippen LogP contribution in [-0.2, 0) is 38.0 Å². The topological polar surface area (TPSA) is 170 Å². The van der Waals surface area contributed by atoms with Gasteiger partial charge in [-0.15, -0.1) is 6.58 Å².